The molecule has 0 aromatic rings. The van der Waals surface area contributed by atoms with E-state index in [1.165, 1.54) is 18.4 Å². The van der Waals surface area contributed by atoms with Gasteiger partial charge in [-0.05, 0) is 24.8 Å². The maximum Gasteiger partial charge on any atom is -0.0103 e. The van der Waals surface area contributed by atoms with Crippen molar-refractivity contribution in [2.24, 2.45) is 0 Å². The van der Waals surface area contributed by atoms with E-state index in [-0.39, 0.29) is 0 Å². The van der Waals surface area contributed by atoms with Crippen LogP contribution in [0.4, 0.5) is 0 Å². The summed E-state index contributed by atoms with van der Waals surface area (Å²) in [6, 6.07) is 0. The van der Waals surface area contributed by atoms with Crippen LogP contribution in [0.25, 0.3) is 0 Å². The molecule has 54 valence electrons. The minimum absolute atomic E-state index is 1.03. The summed E-state index contributed by atoms with van der Waals surface area (Å²) in [5.41, 5.74) is 2.99. The molecule has 0 heterocycles. The standard InChI is InChI=1S/C10H14/c1-3-5-10-7-6-9(4-2)8-10/h3,7-8H,1,4-6H2,2H3. The Balaban J connectivity index is 2.49. The second kappa shape index (κ2) is 3.40. The Kier molecular flexibility index (Phi) is 2.49. The first-order valence-electron chi connectivity index (χ1n) is 3.86. The highest BCUT2D eigenvalue weighted by molar-refractivity contribution is 5.33. The molecule has 1 aliphatic carbocycles. The van der Waals surface area contributed by atoms with Crippen molar-refractivity contribution in [2.45, 2.75) is 26.2 Å². The van der Waals surface area contributed by atoms with E-state index < -0.39 is 0 Å². The first kappa shape index (κ1) is 7.33. The molecule has 0 heteroatoms. The Hall–Kier alpha value is -0.780. The molecular formula is C10H14. The van der Waals surface area contributed by atoms with Crippen molar-refractivity contribution < 1.29 is 0 Å². The molecule has 0 saturated carbocycles. The summed E-state index contributed by atoms with van der Waals surface area (Å²) in [7, 11) is 0. The molecule has 0 spiro atoms. The van der Waals surface area contributed by atoms with Crippen molar-refractivity contribution in [1.29, 1.82) is 0 Å². The first-order chi connectivity index (χ1) is 4.86. The van der Waals surface area contributed by atoms with Crippen LogP contribution in [-0.2, 0) is 0 Å². The maximum absolute atomic E-state index is 3.70. The second-order valence-corrected chi connectivity index (χ2v) is 2.63. The summed E-state index contributed by atoms with van der Waals surface area (Å²) in [5, 5.41) is 0. The molecule has 0 amide bonds. The molecule has 1 rings (SSSR count). The summed E-state index contributed by atoms with van der Waals surface area (Å²) >= 11 is 0. The summed E-state index contributed by atoms with van der Waals surface area (Å²) in [6.07, 6.45) is 9.93. The topological polar surface area (TPSA) is 0 Å². The van der Waals surface area contributed by atoms with Crippen molar-refractivity contribution in [1.82, 2.24) is 0 Å². The Bertz CT molecular complexity index is 182. The van der Waals surface area contributed by atoms with E-state index >= 15 is 0 Å². The van der Waals surface area contributed by atoms with Crippen LogP contribution in [0.1, 0.15) is 26.2 Å². The number of allylic oxidation sites excluding steroid dienone is 5. The first-order valence-corrected chi connectivity index (χ1v) is 3.86. The zero-order valence-corrected chi connectivity index (χ0v) is 6.56. The van der Waals surface area contributed by atoms with Gasteiger partial charge < -0.3 is 0 Å². The van der Waals surface area contributed by atoms with E-state index in [4.69, 9.17) is 0 Å². The molecule has 0 aromatic carbocycles. The van der Waals surface area contributed by atoms with E-state index in [9.17, 15) is 0 Å². The second-order valence-electron chi connectivity index (χ2n) is 2.63. The van der Waals surface area contributed by atoms with Crippen LogP contribution in [0, 0.1) is 0 Å². The fraction of sp³-hybridized carbons (Fsp3) is 0.400. The minimum atomic E-state index is 1.03. The van der Waals surface area contributed by atoms with Crippen molar-refractivity contribution in [2.75, 3.05) is 0 Å². The van der Waals surface area contributed by atoms with Crippen molar-refractivity contribution in [3.63, 3.8) is 0 Å². The van der Waals surface area contributed by atoms with Crippen LogP contribution >= 0.6 is 0 Å². The summed E-state index contributed by atoms with van der Waals surface area (Å²) in [6.45, 7) is 5.91. The molecule has 0 fully saturated rings. The van der Waals surface area contributed by atoms with Crippen LogP contribution in [0.5, 0.6) is 0 Å². The number of rotatable bonds is 3. The molecule has 0 radical (unpaired) electrons. The van der Waals surface area contributed by atoms with Gasteiger partial charge in [0.15, 0.2) is 0 Å². The van der Waals surface area contributed by atoms with Crippen LogP contribution in [0.3, 0.4) is 0 Å². The lowest BCUT2D eigenvalue weighted by Gasteiger charge is -1.90. The van der Waals surface area contributed by atoms with E-state index in [1.807, 2.05) is 6.08 Å². The lowest BCUT2D eigenvalue weighted by atomic mass is 10.2. The van der Waals surface area contributed by atoms with Crippen molar-refractivity contribution in [3.8, 4) is 0 Å². The lowest BCUT2D eigenvalue weighted by Crippen LogP contribution is -1.70. The molecule has 0 aromatic heterocycles. The summed E-state index contributed by atoms with van der Waals surface area (Å²) in [4.78, 5) is 0. The SMILES string of the molecule is C=CCC1=CCC(CC)=C1. The number of hydrogen-bond acceptors (Lipinski definition) is 0. The smallest absolute Gasteiger partial charge is 0.0103 e. The van der Waals surface area contributed by atoms with Gasteiger partial charge in [0.25, 0.3) is 0 Å². The molecule has 1 aliphatic rings. The van der Waals surface area contributed by atoms with Crippen molar-refractivity contribution >= 4 is 0 Å². The molecule has 10 heavy (non-hydrogen) atoms. The predicted molar refractivity (Wildman–Crippen MR) is 45.9 cm³/mol. The van der Waals surface area contributed by atoms with Gasteiger partial charge in [-0.3, -0.25) is 0 Å². The van der Waals surface area contributed by atoms with Gasteiger partial charge >= 0.3 is 0 Å². The van der Waals surface area contributed by atoms with E-state index in [1.54, 1.807) is 5.57 Å². The minimum Gasteiger partial charge on any atom is -0.103 e. The van der Waals surface area contributed by atoms with Gasteiger partial charge in [0.1, 0.15) is 0 Å². The van der Waals surface area contributed by atoms with Crippen molar-refractivity contribution in [3.05, 3.63) is 36.0 Å². The summed E-state index contributed by atoms with van der Waals surface area (Å²) in [5.74, 6) is 0. The molecule has 0 N–H and O–H groups in total. The number of hydrogen-bond donors (Lipinski definition) is 0. The fourth-order valence-corrected chi connectivity index (χ4v) is 1.20. The van der Waals surface area contributed by atoms with Gasteiger partial charge in [0.05, 0.1) is 0 Å². The Labute approximate surface area is 62.9 Å². The van der Waals surface area contributed by atoms with Gasteiger partial charge in [-0.1, -0.05) is 30.7 Å². The van der Waals surface area contributed by atoms with E-state index in [0.717, 1.165) is 6.42 Å². The zero-order chi connectivity index (χ0) is 7.40. The molecule has 0 unspecified atom stereocenters. The Morgan fingerprint density at radius 3 is 3.00 bits per heavy atom. The third-order valence-corrected chi connectivity index (χ3v) is 1.85. The van der Waals surface area contributed by atoms with Crippen LogP contribution in [0.15, 0.2) is 36.0 Å². The van der Waals surface area contributed by atoms with Gasteiger partial charge in [0.2, 0.25) is 0 Å². The van der Waals surface area contributed by atoms with Crippen LogP contribution in [0.2, 0.25) is 0 Å². The fourth-order valence-electron chi connectivity index (χ4n) is 1.20. The van der Waals surface area contributed by atoms with Crippen LogP contribution in [-0.4, -0.2) is 0 Å². The lowest BCUT2D eigenvalue weighted by molar-refractivity contribution is 1.05. The quantitative estimate of drug-likeness (QED) is 0.520. The third-order valence-electron chi connectivity index (χ3n) is 1.85. The molecule has 0 aliphatic heterocycles. The highest BCUT2D eigenvalue weighted by atomic mass is 14.1. The highest BCUT2D eigenvalue weighted by Gasteiger charge is 2.01. The summed E-state index contributed by atoms with van der Waals surface area (Å²) < 4.78 is 0. The Morgan fingerprint density at radius 1 is 1.70 bits per heavy atom. The Morgan fingerprint density at radius 2 is 2.50 bits per heavy atom. The maximum atomic E-state index is 3.70. The van der Waals surface area contributed by atoms with Crippen LogP contribution < -0.4 is 0 Å². The van der Waals surface area contributed by atoms with Gasteiger partial charge in [-0.2, -0.15) is 0 Å². The average molecular weight is 134 g/mol. The van der Waals surface area contributed by atoms with Gasteiger partial charge in [0, 0.05) is 0 Å². The third kappa shape index (κ3) is 1.60. The van der Waals surface area contributed by atoms with E-state index in [2.05, 4.69) is 25.7 Å². The normalized spacial score (nSPS) is 16.5. The highest BCUT2D eigenvalue weighted by Crippen LogP contribution is 2.21. The predicted octanol–water partition coefficient (Wildman–Crippen LogP) is 3.23. The monoisotopic (exact) mass is 134 g/mol. The molecular weight excluding hydrogens is 120 g/mol. The van der Waals surface area contributed by atoms with Gasteiger partial charge in [-0.15, -0.1) is 6.58 Å². The molecule has 0 saturated heterocycles. The zero-order valence-electron chi connectivity index (χ0n) is 6.56. The molecule has 0 bridgehead atoms. The van der Waals surface area contributed by atoms with E-state index in [0.29, 0.717) is 0 Å². The molecule has 0 atom stereocenters. The largest absolute Gasteiger partial charge is 0.103 e. The van der Waals surface area contributed by atoms with Gasteiger partial charge in [-0.25, -0.2) is 0 Å². The average Bonchev–Trinajstić information content (AvgIpc) is 2.37. The molecule has 0 nitrogen and oxygen atoms in total.